The molecule has 0 fully saturated rings. The lowest BCUT2D eigenvalue weighted by Crippen LogP contribution is -1.85. The summed E-state index contributed by atoms with van der Waals surface area (Å²) in [6.07, 6.45) is 0. The highest BCUT2D eigenvalue weighted by atomic mass is 19.1. The molecule has 0 bridgehead atoms. The van der Waals surface area contributed by atoms with Gasteiger partial charge in [-0.25, -0.2) is 8.78 Å². The molecule has 0 amide bonds. The lowest BCUT2D eigenvalue weighted by atomic mass is 10.2. The predicted octanol–water partition coefficient (Wildman–Crippen LogP) is 2.49. The van der Waals surface area contributed by atoms with Crippen molar-refractivity contribution in [2.45, 2.75) is 0 Å². The molecule has 0 aromatic heterocycles. The van der Waals surface area contributed by atoms with Crippen LogP contribution in [0.3, 0.4) is 0 Å². The monoisotopic (exact) mass is 156 g/mol. The van der Waals surface area contributed by atoms with Crippen LogP contribution in [0.2, 0.25) is 0 Å². The Bertz CT molecular complexity index is 274. The number of hydrogen-bond acceptors (Lipinski definition) is 1. The normalized spacial score (nSPS) is 9.64. The second-order valence-electron chi connectivity index (χ2n) is 2.10. The fourth-order valence-corrected chi connectivity index (χ4v) is 0.720. The first-order chi connectivity index (χ1) is 5.09. The van der Waals surface area contributed by atoms with E-state index in [2.05, 4.69) is 6.58 Å². The van der Waals surface area contributed by atoms with E-state index >= 15 is 0 Å². The zero-order valence-corrected chi connectivity index (χ0v) is 5.64. The van der Waals surface area contributed by atoms with Gasteiger partial charge in [0.05, 0.1) is 0 Å². The van der Waals surface area contributed by atoms with Crippen molar-refractivity contribution >= 4 is 5.76 Å². The summed E-state index contributed by atoms with van der Waals surface area (Å²) < 4.78 is 24.8. The van der Waals surface area contributed by atoms with Crippen LogP contribution < -0.4 is 0 Å². The number of halogens is 2. The van der Waals surface area contributed by atoms with Crippen molar-refractivity contribution in [3.63, 3.8) is 0 Å². The van der Waals surface area contributed by atoms with Gasteiger partial charge in [0, 0.05) is 11.6 Å². The van der Waals surface area contributed by atoms with Gasteiger partial charge in [-0.05, 0) is 12.1 Å². The van der Waals surface area contributed by atoms with E-state index in [9.17, 15) is 8.78 Å². The molecule has 0 spiro atoms. The minimum absolute atomic E-state index is 0.0579. The third kappa shape index (κ3) is 1.77. The summed E-state index contributed by atoms with van der Waals surface area (Å²) in [6.45, 7) is 3.13. The first kappa shape index (κ1) is 7.72. The maximum absolute atomic E-state index is 12.4. The van der Waals surface area contributed by atoms with E-state index in [0.717, 1.165) is 18.2 Å². The van der Waals surface area contributed by atoms with Crippen molar-refractivity contribution in [2.24, 2.45) is 0 Å². The van der Waals surface area contributed by atoms with Crippen LogP contribution in [0.25, 0.3) is 5.76 Å². The van der Waals surface area contributed by atoms with Gasteiger partial charge in [-0.2, -0.15) is 0 Å². The van der Waals surface area contributed by atoms with Crippen LogP contribution in [-0.2, 0) is 0 Å². The molecule has 0 atom stereocenters. The molecule has 0 unspecified atom stereocenters. The van der Waals surface area contributed by atoms with Crippen molar-refractivity contribution in [1.82, 2.24) is 0 Å². The van der Waals surface area contributed by atoms with E-state index in [1.54, 1.807) is 0 Å². The molecule has 1 N–H and O–H groups in total. The molecule has 1 aromatic rings. The zero-order chi connectivity index (χ0) is 8.43. The molecule has 58 valence electrons. The van der Waals surface area contributed by atoms with Gasteiger partial charge >= 0.3 is 0 Å². The highest BCUT2D eigenvalue weighted by Crippen LogP contribution is 2.12. The van der Waals surface area contributed by atoms with Crippen LogP contribution in [0, 0.1) is 11.6 Å². The third-order valence-corrected chi connectivity index (χ3v) is 1.20. The molecule has 1 aromatic carbocycles. The Kier molecular flexibility index (Phi) is 1.89. The Labute approximate surface area is 62.6 Å². The maximum Gasteiger partial charge on any atom is 0.126 e. The number of aliphatic hydroxyl groups is 1. The predicted molar refractivity (Wildman–Crippen MR) is 38.0 cm³/mol. The van der Waals surface area contributed by atoms with Crippen molar-refractivity contribution in [1.29, 1.82) is 0 Å². The molecule has 11 heavy (non-hydrogen) atoms. The molecule has 3 heteroatoms. The Hall–Kier alpha value is -1.38. The zero-order valence-electron chi connectivity index (χ0n) is 5.64. The summed E-state index contributed by atoms with van der Waals surface area (Å²) in [7, 11) is 0. The first-order valence-corrected chi connectivity index (χ1v) is 2.94. The fraction of sp³-hybridized carbons (Fsp3) is 0. The van der Waals surface area contributed by atoms with Crippen LogP contribution in [-0.4, -0.2) is 5.11 Å². The molecule has 0 aliphatic carbocycles. The lowest BCUT2D eigenvalue weighted by Gasteiger charge is -1.97. The topological polar surface area (TPSA) is 20.2 Å². The van der Waals surface area contributed by atoms with E-state index in [1.807, 2.05) is 0 Å². The molecule has 0 heterocycles. The van der Waals surface area contributed by atoms with Gasteiger partial charge in [-0.1, -0.05) is 6.58 Å². The summed E-state index contributed by atoms with van der Waals surface area (Å²) >= 11 is 0. The lowest BCUT2D eigenvalue weighted by molar-refractivity contribution is 0.510. The Balaban J connectivity index is 3.19. The summed E-state index contributed by atoms with van der Waals surface area (Å²) in [5.74, 6) is -1.80. The van der Waals surface area contributed by atoms with Crippen molar-refractivity contribution in [2.75, 3.05) is 0 Å². The molecule has 1 rings (SSSR count). The van der Waals surface area contributed by atoms with Gasteiger partial charge in [0.15, 0.2) is 0 Å². The van der Waals surface area contributed by atoms with Gasteiger partial charge in [-0.3, -0.25) is 0 Å². The summed E-state index contributed by atoms with van der Waals surface area (Å²) in [6, 6.07) is 2.74. The van der Waals surface area contributed by atoms with Crippen molar-refractivity contribution in [3.05, 3.63) is 42.0 Å². The molecule has 1 nitrogen and oxygen atoms in total. The molecular formula is C8H6F2O. The quantitative estimate of drug-likeness (QED) is 0.619. The number of hydrogen-bond donors (Lipinski definition) is 1. The second-order valence-corrected chi connectivity index (χ2v) is 2.10. The fourth-order valence-electron chi connectivity index (χ4n) is 0.720. The van der Waals surface area contributed by atoms with Gasteiger partial charge < -0.3 is 5.11 Å². The molecule has 0 aliphatic rings. The van der Waals surface area contributed by atoms with Gasteiger partial charge in [0.25, 0.3) is 0 Å². The SMILES string of the molecule is C=C(O)c1cc(F)cc(F)c1. The van der Waals surface area contributed by atoms with E-state index in [4.69, 9.17) is 5.11 Å². The van der Waals surface area contributed by atoms with E-state index < -0.39 is 11.6 Å². The molecular weight excluding hydrogens is 150 g/mol. The van der Waals surface area contributed by atoms with Crippen LogP contribution in [0.1, 0.15) is 5.56 Å². The number of benzene rings is 1. The average Bonchev–Trinajstić information content (AvgIpc) is 1.85. The highest BCUT2D eigenvalue weighted by Gasteiger charge is 2.01. The Morgan fingerprint density at radius 2 is 1.64 bits per heavy atom. The van der Waals surface area contributed by atoms with E-state index in [1.165, 1.54) is 0 Å². The van der Waals surface area contributed by atoms with Crippen LogP contribution in [0.5, 0.6) is 0 Å². The molecule has 0 saturated carbocycles. The largest absolute Gasteiger partial charge is 0.508 e. The Morgan fingerprint density at radius 3 is 2.00 bits per heavy atom. The van der Waals surface area contributed by atoms with Crippen LogP contribution >= 0.6 is 0 Å². The minimum Gasteiger partial charge on any atom is -0.508 e. The second kappa shape index (κ2) is 2.70. The number of aliphatic hydroxyl groups excluding tert-OH is 1. The van der Waals surface area contributed by atoms with Gasteiger partial charge in [0.2, 0.25) is 0 Å². The van der Waals surface area contributed by atoms with Crippen molar-refractivity contribution < 1.29 is 13.9 Å². The summed E-state index contributed by atoms with van der Waals surface area (Å²) in [5, 5.41) is 8.74. The maximum atomic E-state index is 12.4. The minimum atomic E-state index is -0.727. The van der Waals surface area contributed by atoms with Crippen molar-refractivity contribution in [3.8, 4) is 0 Å². The molecule has 0 radical (unpaired) electrons. The van der Waals surface area contributed by atoms with Crippen LogP contribution in [0.4, 0.5) is 8.78 Å². The Morgan fingerprint density at radius 1 is 1.18 bits per heavy atom. The highest BCUT2D eigenvalue weighted by molar-refractivity contribution is 5.55. The standard InChI is InChI=1S/C8H6F2O/c1-5(11)6-2-7(9)4-8(10)3-6/h2-4,11H,1H2. The van der Waals surface area contributed by atoms with Gasteiger partial charge in [-0.15, -0.1) is 0 Å². The molecule has 0 saturated heterocycles. The number of rotatable bonds is 1. The van der Waals surface area contributed by atoms with Crippen LogP contribution in [0.15, 0.2) is 24.8 Å². The smallest absolute Gasteiger partial charge is 0.126 e. The van der Waals surface area contributed by atoms with E-state index in [0.29, 0.717) is 0 Å². The average molecular weight is 156 g/mol. The molecule has 0 aliphatic heterocycles. The first-order valence-electron chi connectivity index (χ1n) is 2.94. The van der Waals surface area contributed by atoms with E-state index in [-0.39, 0.29) is 11.3 Å². The summed E-state index contributed by atoms with van der Waals surface area (Å²) in [5.41, 5.74) is 0.0579. The summed E-state index contributed by atoms with van der Waals surface area (Å²) in [4.78, 5) is 0. The van der Waals surface area contributed by atoms with Gasteiger partial charge in [0.1, 0.15) is 17.4 Å². The third-order valence-electron chi connectivity index (χ3n) is 1.20.